The van der Waals surface area contributed by atoms with Crippen molar-refractivity contribution in [3.63, 3.8) is 0 Å². The first-order chi connectivity index (χ1) is 7.41. The van der Waals surface area contributed by atoms with Crippen LogP contribution in [-0.4, -0.2) is 56.5 Å². The van der Waals surface area contributed by atoms with Gasteiger partial charge in [-0.1, -0.05) is 13.8 Å². The van der Waals surface area contributed by atoms with Crippen LogP contribution in [0.2, 0.25) is 0 Å². The second-order valence-electron chi connectivity index (χ2n) is 4.95. The average molecular weight is 248 g/mol. The average Bonchev–Trinajstić information content (AvgIpc) is 2.35. The molecule has 16 heavy (non-hydrogen) atoms. The summed E-state index contributed by atoms with van der Waals surface area (Å²) in [6, 6.07) is 0.897. The van der Waals surface area contributed by atoms with E-state index in [1.54, 1.807) is 0 Å². The van der Waals surface area contributed by atoms with E-state index in [2.05, 4.69) is 31.0 Å². The smallest absolute Gasteiger partial charge is 0.151 e. The number of sulfone groups is 1. The van der Waals surface area contributed by atoms with Crippen LogP contribution in [0.5, 0.6) is 0 Å². The van der Waals surface area contributed by atoms with Crippen molar-refractivity contribution in [2.45, 2.75) is 39.3 Å². The molecule has 96 valence electrons. The molecular formula is C11H24N2O2S. The van der Waals surface area contributed by atoms with Crippen LogP contribution in [0.25, 0.3) is 0 Å². The molecule has 0 radical (unpaired) electrons. The Hall–Kier alpha value is -0.130. The lowest BCUT2D eigenvalue weighted by Crippen LogP contribution is -2.43. The fourth-order valence-electron chi connectivity index (χ4n) is 1.93. The lowest BCUT2D eigenvalue weighted by atomic mass is 10.2. The normalized spacial score (nSPS) is 24.2. The minimum Gasteiger partial charge on any atom is -0.313 e. The van der Waals surface area contributed by atoms with E-state index in [0.29, 0.717) is 30.1 Å². The van der Waals surface area contributed by atoms with Crippen LogP contribution in [0.3, 0.4) is 0 Å². The van der Waals surface area contributed by atoms with Crippen LogP contribution in [0, 0.1) is 0 Å². The standard InChI is InChI=1S/C11H24N2O2S/c1-10(2)12-9-11(3)13-5-4-7-16(14,15)8-6-13/h10-12H,4-9H2,1-3H3. The van der Waals surface area contributed by atoms with Gasteiger partial charge < -0.3 is 5.32 Å². The van der Waals surface area contributed by atoms with Crippen LogP contribution in [0.4, 0.5) is 0 Å². The van der Waals surface area contributed by atoms with Gasteiger partial charge in [0.25, 0.3) is 0 Å². The molecule has 1 aliphatic heterocycles. The largest absolute Gasteiger partial charge is 0.313 e. The minimum atomic E-state index is -2.78. The first-order valence-corrected chi connectivity index (χ1v) is 7.91. The fraction of sp³-hybridized carbons (Fsp3) is 1.00. The molecule has 0 aromatic carbocycles. The molecule has 1 N–H and O–H groups in total. The minimum absolute atomic E-state index is 0.318. The first kappa shape index (κ1) is 13.9. The highest BCUT2D eigenvalue weighted by Gasteiger charge is 2.22. The van der Waals surface area contributed by atoms with Gasteiger partial charge in [0.2, 0.25) is 0 Å². The lowest BCUT2D eigenvalue weighted by molar-refractivity contribution is 0.217. The molecule has 0 saturated carbocycles. The third-order valence-electron chi connectivity index (χ3n) is 3.04. The number of hydrogen-bond acceptors (Lipinski definition) is 4. The van der Waals surface area contributed by atoms with Crippen LogP contribution < -0.4 is 5.32 Å². The summed E-state index contributed by atoms with van der Waals surface area (Å²) in [6.07, 6.45) is 0.772. The first-order valence-electron chi connectivity index (χ1n) is 6.08. The second-order valence-corrected chi connectivity index (χ2v) is 7.26. The Kier molecular flexibility index (Phi) is 5.21. The number of nitrogens with zero attached hydrogens (tertiary/aromatic N) is 1. The highest BCUT2D eigenvalue weighted by molar-refractivity contribution is 7.91. The van der Waals surface area contributed by atoms with Crippen LogP contribution in [0.15, 0.2) is 0 Å². The third kappa shape index (κ3) is 4.80. The second kappa shape index (κ2) is 5.98. The van der Waals surface area contributed by atoms with Crippen molar-refractivity contribution in [3.05, 3.63) is 0 Å². The molecule has 1 fully saturated rings. The van der Waals surface area contributed by atoms with Crippen molar-refractivity contribution in [2.75, 3.05) is 31.1 Å². The Bertz CT molecular complexity index is 301. The predicted molar refractivity (Wildman–Crippen MR) is 67.4 cm³/mol. The quantitative estimate of drug-likeness (QED) is 0.787. The zero-order valence-corrected chi connectivity index (χ0v) is 11.4. The van der Waals surface area contributed by atoms with E-state index < -0.39 is 9.84 Å². The van der Waals surface area contributed by atoms with Gasteiger partial charge in [0.05, 0.1) is 11.5 Å². The lowest BCUT2D eigenvalue weighted by Gasteiger charge is -2.28. The molecule has 5 heteroatoms. The summed E-state index contributed by atoms with van der Waals surface area (Å²) < 4.78 is 22.9. The number of nitrogens with one attached hydrogen (secondary N) is 1. The molecule has 1 aliphatic rings. The van der Waals surface area contributed by atoms with Crippen molar-refractivity contribution < 1.29 is 8.42 Å². The zero-order valence-electron chi connectivity index (χ0n) is 10.6. The number of rotatable bonds is 4. The molecule has 0 bridgehead atoms. The van der Waals surface area contributed by atoms with Gasteiger partial charge in [-0.2, -0.15) is 0 Å². The van der Waals surface area contributed by atoms with Gasteiger partial charge >= 0.3 is 0 Å². The Morgan fingerprint density at radius 2 is 1.88 bits per heavy atom. The monoisotopic (exact) mass is 248 g/mol. The van der Waals surface area contributed by atoms with Crippen molar-refractivity contribution in [3.8, 4) is 0 Å². The van der Waals surface area contributed by atoms with Gasteiger partial charge in [0.15, 0.2) is 9.84 Å². The molecule has 0 aromatic rings. The molecule has 1 atom stereocenters. The highest BCUT2D eigenvalue weighted by Crippen LogP contribution is 2.08. The van der Waals surface area contributed by atoms with Gasteiger partial charge in [0, 0.05) is 25.2 Å². The summed E-state index contributed by atoms with van der Waals surface area (Å²) in [5.41, 5.74) is 0. The zero-order chi connectivity index (χ0) is 12.2. The van der Waals surface area contributed by atoms with Gasteiger partial charge in [-0.25, -0.2) is 8.42 Å². The third-order valence-corrected chi connectivity index (χ3v) is 4.75. The molecule has 4 nitrogen and oxygen atoms in total. The Morgan fingerprint density at radius 3 is 2.50 bits per heavy atom. The van der Waals surface area contributed by atoms with Crippen LogP contribution in [0.1, 0.15) is 27.2 Å². The fourth-order valence-corrected chi connectivity index (χ4v) is 3.22. The Labute approximate surface area is 99.3 Å². The van der Waals surface area contributed by atoms with Gasteiger partial charge in [-0.15, -0.1) is 0 Å². The van der Waals surface area contributed by atoms with E-state index in [1.165, 1.54) is 0 Å². The summed E-state index contributed by atoms with van der Waals surface area (Å²) in [4.78, 5) is 2.28. The molecule has 1 rings (SSSR count). The van der Waals surface area contributed by atoms with Gasteiger partial charge in [-0.05, 0) is 19.9 Å². The highest BCUT2D eigenvalue weighted by atomic mass is 32.2. The van der Waals surface area contributed by atoms with E-state index >= 15 is 0 Å². The maximum Gasteiger partial charge on any atom is 0.151 e. The molecule has 0 aromatic heterocycles. The van der Waals surface area contributed by atoms with Crippen molar-refractivity contribution >= 4 is 9.84 Å². The Balaban J connectivity index is 2.42. The van der Waals surface area contributed by atoms with E-state index in [4.69, 9.17) is 0 Å². The summed E-state index contributed by atoms with van der Waals surface area (Å²) in [5.74, 6) is 0.673. The topological polar surface area (TPSA) is 49.4 Å². The summed E-state index contributed by atoms with van der Waals surface area (Å²) in [7, 11) is -2.78. The molecule has 0 spiro atoms. The summed E-state index contributed by atoms with van der Waals surface area (Å²) in [5, 5.41) is 3.39. The molecule has 0 amide bonds. The maximum atomic E-state index is 11.5. The van der Waals surface area contributed by atoms with E-state index in [0.717, 1.165) is 19.5 Å². The molecular weight excluding hydrogens is 224 g/mol. The van der Waals surface area contributed by atoms with Crippen LogP contribution >= 0.6 is 0 Å². The summed E-state index contributed by atoms with van der Waals surface area (Å²) >= 11 is 0. The summed E-state index contributed by atoms with van der Waals surface area (Å²) in [6.45, 7) is 8.92. The number of hydrogen-bond donors (Lipinski definition) is 1. The molecule has 1 unspecified atom stereocenters. The SMILES string of the molecule is CC(C)NCC(C)N1CCCS(=O)(=O)CC1. The van der Waals surface area contributed by atoms with Crippen molar-refractivity contribution in [1.82, 2.24) is 10.2 Å². The molecule has 0 aliphatic carbocycles. The van der Waals surface area contributed by atoms with Crippen molar-refractivity contribution in [1.29, 1.82) is 0 Å². The van der Waals surface area contributed by atoms with E-state index in [1.807, 2.05) is 0 Å². The Morgan fingerprint density at radius 1 is 1.19 bits per heavy atom. The van der Waals surface area contributed by atoms with Crippen LogP contribution in [-0.2, 0) is 9.84 Å². The predicted octanol–water partition coefficient (Wildman–Crippen LogP) is 0.493. The maximum absolute atomic E-state index is 11.5. The van der Waals surface area contributed by atoms with Gasteiger partial charge in [0.1, 0.15) is 0 Å². The van der Waals surface area contributed by atoms with E-state index in [9.17, 15) is 8.42 Å². The molecule has 1 heterocycles. The van der Waals surface area contributed by atoms with E-state index in [-0.39, 0.29) is 0 Å². The van der Waals surface area contributed by atoms with Gasteiger partial charge in [-0.3, -0.25) is 4.90 Å². The van der Waals surface area contributed by atoms with Crippen molar-refractivity contribution in [2.24, 2.45) is 0 Å². The molecule has 1 saturated heterocycles.